The number of ether oxygens (including phenoxy) is 1. The number of esters is 1. The van der Waals surface area contributed by atoms with Crippen LogP contribution in [0.2, 0.25) is 0 Å². The molecule has 1 fully saturated rings. The van der Waals surface area contributed by atoms with Crippen LogP contribution in [0.5, 0.6) is 0 Å². The number of para-hydroxylation sites is 1. The minimum Gasteiger partial charge on any atom is -0.465 e. The fourth-order valence-corrected chi connectivity index (χ4v) is 6.31. The van der Waals surface area contributed by atoms with Crippen LogP contribution in [-0.4, -0.2) is 49.4 Å². The van der Waals surface area contributed by atoms with Crippen LogP contribution >= 0.6 is 0 Å². The second-order valence-corrected chi connectivity index (χ2v) is 10.8. The molecule has 1 saturated heterocycles. The molecule has 0 bridgehead atoms. The first kappa shape index (κ1) is 22.3. The van der Waals surface area contributed by atoms with E-state index in [0.29, 0.717) is 35.1 Å². The summed E-state index contributed by atoms with van der Waals surface area (Å²) in [5.41, 5.74) is 3.61. The fourth-order valence-electron chi connectivity index (χ4n) is 4.63. The molecule has 3 aromatic rings. The van der Waals surface area contributed by atoms with Crippen LogP contribution in [0.25, 0.3) is 22.6 Å². The standard InChI is InChI=1S/C25H24N2O6S/c28-22(26-17-10-12-34(30,31)15-17)14-33-25(29)23-19-7-1-2-9-21(19)27-24-16(5-3-8-20(23)24)13-18-6-4-11-32-18/h1-2,4,6-7,9,11,13,17H,3,5,8,10,12,14-15H2,(H,26,28)/b16-13+. The summed E-state index contributed by atoms with van der Waals surface area (Å²) >= 11 is 0. The zero-order chi connectivity index (χ0) is 23.7. The second-order valence-electron chi connectivity index (χ2n) is 8.61. The number of amides is 1. The van der Waals surface area contributed by atoms with Crippen LogP contribution < -0.4 is 5.32 Å². The monoisotopic (exact) mass is 480 g/mol. The number of hydrogen-bond donors (Lipinski definition) is 1. The highest BCUT2D eigenvalue weighted by Crippen LogP contribution is 2.36. The lowest BCUT2D eigenvalue weighted by molar-refractivity contribution is -0.124. The van der Waals surface area contributed by atoms with Gasteiger partial charge in [-0.1, -0.05) is 18.2 Å². The molecule has 5 rings (SSSR count). The van der Waals surface area contributed by atoms with Crippen LogP contribution in [-0.2, 0) is 25.8 Å². The second kappa shape index (κ2) is 9.06. The van der Waals surface area contributed by atoms with Gasteiger partial charge < -0.3 is 14.5 Å². The quantitative estimate of drug-likeness (QED) is 0.558. The maximum atomic E-state index is 13.2. The molecule has 0 saturated carbocycles. The topological polar surface area (TPSA) is 116 Å². The molecule has 1 aliphatic heterocycles. The summed E-state index contributed by atoms with van der Waals surface area (Å²) in [6.07, 6.45) is 6.24. The van der Waals surface area contributed by atoms with Gasteiger partial charge in [-0.3, -0.25) is 4.79 Å². The van der Waals surface area contributed by atoms with Gasteiger partial charge in [0, 0.05) is 11.4 Å². The van der Waals surface area contributed by atoms with Gasteiger partial charge in [-0.05, 0) is 61.1 Å². The number of sulfone groups is 1. The first-order valence-corrected chi connectivity index (χ1v) is 13.0. The van der Waals surface area contributed by atoms with Gasteiger partial charge in [-0.25, -0.2) is 18.2 Å². The lowest BCUT2D eigenvalue weighted by Gasteiger charge is -2.22. The molecule has 1 amide bonds. The predicted molar refractivity (Wildman–Crippen MR) is 127 cm³/mol. The Hall–Kier alpha value is -3.46. The number of hydrogen-bond acceptors (Lipinski definition) is 7. The number of aromatic nitrogens is 1. The van der Waals surface area contributed by atoms with Crippen molar-refractivity contribution in [3.05, 3.63) is 65.2 Å². The third-order valence-corrected chi connectivity index (χ3v) is 7.93. The van der Waals surface area contributed by atoms with Crippen molar-refractivity contribution < 1.29 is 27.2 Å². The van der Waals surface area contributed by atoms with Crippen molar-refractivity contribution in [2.75, 3.05) is 18.1 Å². The van der Waals surface area contributed by atoms with Gasteiger partial charge in [-0.2, -0.15) is 0 Å². The summed E-state index contributed by atoms with van der Waals surface area (Å²) in [5.74, 6) is -0.419. The molecule has 9 heteroatoms. The highest BCUT2D eigenvalue weighted by Gasteiger charge is 2.30. The normalized spacial score (nSPS) is 20.2. The van der Waals surface area contributed by atoms with E-state index in [4.69, 9.17) is 14.1 Å². The van der Waals surface area contributed by atoms with Crippen molar-refractivity contribution in [1.82, 2.24) is 10.3 Å². The fraction of sp³-hybridized carbons (Fsp3) is 0.320. The predicted octanol–water partition coefficient (Wildman–Crippen LogP) is 3.16. The number of nitrogens with zero attached hydrogens (tertiary/aromatic N) is 1. The average molecular weight is 481 g/mol. The Morgan fingerprint density at radius 3 is 2.79 bits per heavy atom. The molecule has 2 aromatic heterocycles. The molecule has 0 radical (unpaired) electrons. The zero-order valence-electron chi connectivity index (χ0n) is 18.5. The van der Waals surface area contributed by atoms with Gasteiger partial charge in [-0.15, -0.1) is 0 Å². The Morgan fingerprint density at radius 2 is 2.03 bits per heavy atom. The Kier molecular flexibility index (Phi) is 5.95. The van der Waals surface area contributed by atoms with Crippen LogP contribution in [0.4, 0.5) is 0 Å². The minimum absolute atomic E-state index is 0.0563. The number of benzene rings is 1. The molecule has 3 heterocycles. The van der Waals surface area contributed by atoms with Crippen LogP contribution in [0, 0.1) is 0 Å². The lowest BCUT2D eigenvalue weighted by Crippen LogP contribution is -2.38. The molecule has 8 nitrogen and oxygen atoms in total. The molecule has 1 N–H and O–H groups in total. The van der Waals surface area contributed by atoms with E-state index in [1.807, 2.05) is 42.5 Å². The summed E-state index contributed by atoms with van der Waals surface area (Å²) < 4.78 is 34.1. The number of allylic oxidation sites excluding steroid dienone is 1. The van der Waals surface area contributed by atoms with E-state index in [0.717, 1.165) is 29.7 Å². The minimum atomic E-state index is -3.12. The number of nitrogens with one attached hydrogen (secondary N) is 1. The summed E-state index contributed by atoms with van der Waals surface area (Å²) in [4.78, 5) is 30.4. The van der Waals surface area contributed by atoms with Crippen molar-refractivity contribution in [3.8, 4) is 0 Å². The Labute approximate surface area is 196 Å². The zero-order valence-corrected chi connectivity index (χ0v) is 19.3. The van der Waals surface area contributed by atoms with Crippen molar-refractivity contribution in [2.24, 2.45) is 0 Å². The SMILES string of the molecule is O=C(COC(=O)c1c2c(nc3ccccc13)/C(=C/c1ccco1)CCC2)NC1CCS(=O)(=O)C1. The largest absolute Gasteiger partial charge is 0.465 e. The molecule has 176 valence electrons. The van der Waals surface area contributed by atoms with Crippen molar-refractivity contribution in [1.29, 1.82) is 0 Å². The van der Waals surface area contributed by atoms with E-state index in [-0.39, 0.29) is 11.5 Å². The highest BCUT2D eigenvalue weighted by atomic mass is 32.2. The molecular weight excluding hydrogens is 456 g/mol. The maximum absolute atomic E-state index is 13.2. The van der Waals surface area contributed by atoms with E-state index in [2.05, 4.69) is 5.32 Å². The van der Waals surface area contributed by atoms with E-state index < -0.39 is 34.4 Å². The molecule has 34 heavy (non-hydrogen) atoms. The first-order valence-electron chi connectivity index (χ1n) is 11.2. The lowest BCUT2D eigenvalue weighted by atomic mass is 9.86. The maximum Gasteiger partial charge on any atom is 0.339 e. The third kappa shape index (κ3) is 4.61. The summed E-state index contributed by atoms with van der Waals surface area (Å²) in [7, 11) is -3.12. The van der Waals surface area contributed by atoms with Gasteiger partial charge >= 0.3 is 5.97 Å². The number of pyridine rings is 1. The summed E-state index contributed by atoms with van der Waals surface area (Å²) in [6, 6.07) is 10.6. The molecule has 1 atom stereocenters. The number of rotatable bonds is 5. The Bertz CT molecular complexity index is 1390. The number of carbonyl (C=O) groups is 2. The van der Waals surface area contributed by atoms with E-state index in [1.54, 1.807) is 6.26 Å². The van der Waals surface area contributed by atoms with E-state index in [1.165, 1.54) is 0 Å². The molecule has 1 unspecified atom stereocenters. The smallest absolute Gasteiger partial charge is 0.339 e. The Balaban J connectivity index is 1.42. The molecule has 0 spiro atoms. The number of fused-ring (bicyclic) bond motifs is 2. The molecule has 1 aliphatic carbocycles. The van der Waals surface area contributed by atoms with E-state index >= 15 is 0 Å². The molecule has 1 aromatic carbocycles. The Morgan fingerprint density at radius 1 is 1.18 bits per heavy atom. The van der Waals surface area contributed by atoms with Crippen LogP contribution in [0.3, 0.4) is 0 Å². The van der Waals surface area contributed by atoms with Crippen LogP contribution in [0.1, 0.15) is 46.6 Å². The van der Waals surface area contributed by atoms with Crippen molar-refractivity contribution in [2.45, 2.75) is 31.7 Å². The first-order chi connectivity index (χ1) is 16.4. The number of carbonyl (C=O) groups excluding carboxylic acids is 2. The van der Waals surface area contributed by atoms with Crippen molar-refractivity contribution in [3.63, 3.8) is 0 Å². The molecular formula is C25H24N2O6S. The summed E-state index contributed by atoms with van der Waals surface area (Å²) in [6.45, 7) is -0.476. The van der Waals surface area contributed by atoms with Crippen molar-refractivity contribution >= 4 is 44.3 Å². The van der Waals surface area contributed by atoms with Gasteiger partial charge in [0.2, 0.25) is 0 Å². The third-order valence-electron chi connectivity index (χ3n) is 6.17. The summed E-state index contributed by atoms with van der Waals surface area (Å²) in [5, 5.41) is 3.32. The van der Waals surface area contributed by atoms with E-state index in [9.17, 15) is 18.0 Å². The van der Waals surface area contributed by atoms with Gasteiger partial charge in [0.1, 0.15) is 5.76 Å². The number of furan rings is 1. The average Bonchev–Trinajstić information content (AvgIpc) is 3.45. The molecule has 2 aliphatic rings. The van der Waals surface area contributed by atoms with Gasteiger partial charge in [0.25, 0.3) is 5.91 Å². The van der Waals surface area contributed by atoms with Gasteiger partial charge in [0.15, 0.2) is 16.4 Å². The van der Waals surface area contributed by atoms with Gasteiger partial charge in [0.05, 0.1) is 34.5 Å². The highest BCUT2D eigenvalue weighted by molar-refractivity contribution is 7.91. The van der Waals surface area contributed by atoms with Crippen LogP contribution in [0.15, 0.2) is 47.1 Å².